The van der Waals surface area contributed by atoms with Crippen LogP contribution in [0, 0.1) is 0 Å². The molecular formula is C27H27BrN2O6S. The van der Waals surface area contributed by atoms with Crippen molar-refractivity contribution in [2.24, 2.45) is 4.99 Å². The van der Waals surface area contributed by atoms with Crippen molar-refractivity contribution in [3.63, 3.8) is 0 Å². The molecule has 0 aliphatic carbocycles. The van der Waals surface area contributed by atoms with Crippen molar-refractivity contribution >= 4 is 39.3 Å². The number of thiazole rings is 1. The molecule has 0 amide bonds. The summed E-state index contributed by atoms with van der Waals surface area (Å²) < 4.78 is 24.6. The Labute approximate surface area is 226 Å². The Balaban J connectivity index is 1.92. The molecule has 0 fully saturated rings. The van der Waals surface area contributed by atoms with E-state index in [1.807, 2.05) is 31.2 Å². The molecule has 3 aromatic rings. The molecule has 0 spiro atoms. The molecule has 0 saturated heterocycles. The normalized spacial score (nSPS) is 15.2. The van der Waals surface area contributed by atoms with Gasteiger partial charge in [0.1, 0.15) is 5.75 Å². The van der Waals surface area contributed by atoms with Gasteiger partial charge in [0, 0.05) is 0 Å². The summed E-state index contributed by atoms with van der Waals surface area (Å²) >= 11 is 4.79. The van der Waals surface area contributed by atoms with Crippen molar-refractivity contribution in [1.82, 2.24) is 4.57 Å². The third-order valence-electron chi connectivity index (χ3n) is 5.79. The van der Waals surface area contributed by atoms with Crippen molar-refractivity contribution in [1.29, 1.82) is 0 Å². The highest BCUT2D eigenvalue weighted by atomic mass is 79.9. The number of halogens is 1. The zero-order valence-corrected chi connectivity index (χ0v) is 23.6. The third kappa shape index (κ3) is 5.21. The Bertz CT molecular complexity index is 1560. The number of fused-ring (bicyclic) bond motifs is 1. The van der Waals surface area contributed by atoms with Gasteiger partial charge in [-0.05, 0) is 78.2 Å². The van der Waals surface area contributed by atoms with Gasteiger partial charge >= 0.3 is 5.97 Å². The monoisotopic (exact) mass is 586 g/mol. The zero-order valence-electron chi connectivity index (χ0n) is 21.2. The van der Waals surface area contributed by atoms with Gasteiger partial charge in [-0.2, -0.15) is 0 Å². The molecule has 1 aliphatic heterocycles. The molecule has 2 aromatic carbocycles. The Morgan fingerprint density at radius 1 is 1.08 bits per heavy atom. The molecule has 2 heterocycles. The van der Waals surface area contributed by atoms with Crippen LogP contribution in [0.5, 0.6) is 17.2 Å². The van der Waals surface area contributed by atoms with Gasteiger partial charge in [-0.25, -0.2) is 9.79 Å². The minimum atomic E-state index is -0.746. The van der Waals surface area contributed by atoms with Crippen LogP contribution in [0.2, 0.25) is 0 Å². The minimum Gasteiger partial charge on any atom is -0.493 e. The van der Waals surface area contributed by atoms with E-state index in [1.165, 1.54) is 18.4 Å². The number of esters is 1. The summed E-state index contributed by atoms with van der Waals surface area (Å²) in [6.07, 6.45) is 1.80. The minimum absolute atomic E-state index is 0.200. The van der Waals surface area contributed by atoms with Crippen LogP contribution in [0.4, 0.5) is 0 Å². The maximum atomic E-state index is 13.8. The number of ether oxygens (including phenoxy) is 4. The van der Waals surface area contributed by atoms with Gasteiger partial charge in [0.15, 0.2) is 16.3 Å². The number of methoxy groups -OCH3 is 2. The molecule has 0 unspecified atom stereocenters. The molecular weight excluding hydrogens is 560 g/mol. The maximum absolute atomic E-state index is 13.8. The number of rotatable bonds is 8. The highest BCUT2D eigenvalue weighted by Gasteiger charge is 2.33. The van der Waals surface area contributed by atoms with Gasteiger partial charge in [0.25, 0.3) is 5.56 Å². The van der Waals surface area contributed by atoms with Crippen LogP contribution in [0.3, 0.4) is 0 Å². The number of aromatic nitrogens is 1. The van der Waals surface area contributed by atoms with E-state index in [-0.39, 0.29) is 12.2 Å². The third-order valence-corrected chi connectivity index (χ3v) is 7.40. The van der Waals surface area contributed by atoms with E-state index in [9.17, 15) is 9.59 Å². The Morgan fingerprint density at radius 3 is 2.46 bits per heavy atom. The first-order chi connectivity index (χ1) is 17.8. The van der Waals surface area contributed by atoms with Crippen molar-refractivity contribution in [3.05, 3.63) is 83.0 Å². The fourth-order valence-electron chi connectivity index (χ4n) is 4.16. The molecule has 10 heteroatoms. The van der Waals surface area contributed by atoms with E-state index in [2.05, 4.69) is 20.9 Å². The molecule has 0 radical (unpaired) electrons. The quantitative estimate of drug-likeness (QED) is 0.371. The molecule has 1 aliphatic rings. The summed E-state index contributed by atoms with van der Waals surface area (Å²) in [7, 11) is 3.09. The van der Waals surface area contributed by atoms with Crippen molar-refractivity contribution in [2.45, 2.75) is 26.8 Å². The SMILES string of the molecule is CCOC(=O)C1=C(C)N=c2s/c(=C\c3ccc(OCC)c(Br)c3)c(=O)n2[C@@H]1c1ccc(OC)c(OC)c1. The second-order valence-electron chi connectivity index (χ2n) is 8.04. The summed E-state index contributed by atoms with van der Waals surface area (Å²) in [4.78, 5) is 32.0. The topological polar surface area (TPSA) is 88.4 Å². The first kappa shape index (κ1) is 26.7. The van der Waals surface area contributed by atoms with Crippen LogP contribution in [0.25, 0.3) is 6.08 Å². The van der Waals surface area contributed by atoms with Crippen LogP contribution in [-0.4, -0.2) is 38.0 Å². The predicted molar refractivity (Wildman–Crippen MR) is 145 cm³/mol. The zero-order chi connectivity index (χ0) is 26.7. The van der Waals surface area contributed by atoms with E-state index < -0.39 is 12.0 Å². The first-order valence-corrected chi connectivity index (χ1v) is 13.3. The lowest BCUT2D eigenvalue weighted by Crippen LogP contribution is -2.39. The molecule has 4 rings (SSSR count). The van der Waals surface area contributed by atoms with Gasteiger partial charge in [-0.3, -0.25) is 9.36 Å². The molecule has 1 aromatic heterocycles. The average molecular weight is 587 g/mol. The van der Waals surface area contributed by atoms with Crippen LogP contribution < -0.4 is 29.1 Å². The smallest absolute Gasteiger partial charge is 0.338 e. The highest BCUT2D eigenvalue weighted by molar-refractivity contribution is 9.10. The van der Waals surface area contributed by atoms with Crippen molar-refractivity contribution in [2.75, 3.05) is 27.4 Å². The van der Waals surface area contributed by atoms with Crippen LogP contribution in [0.1, 0.15) is 37.9 Å². The van der Waals surface area contributed by atoms with Crippen molar-refractivity contribution < 1.29 is 23.7 Å². The summed E-state index contributed by atoms with van der Waals surface area (Å²) in [5.74, 6) is 1.23. The number of benzene rings is 2. The van der Waals surface area contributed by atoms with E-state index >= 15 is 0 Å². The first-order valence-electron chi connectivity index (χ1n) is 11.7. The fraction of sp³-hybridized carbons (Fsp3) is 0.296. The van der Waals surface area contributed by atoms with E-state index in [1.54, 1.807) is 43.7 Å². The molecule has 194 valence electrons. The summed E-state index contributed by atoms with van der Waals surface area (Å²) in [5.41, 5.74) is 2.03. The van der Waals surface area contributed by atoms with Crippen LogP contribution >= 0.6 is 27.3 Å². The van der Waals surface area contributed by atoms with Gasteiger partial charge < -0.3 is 18.9 Å². The fourth-order valence-corrected chi connectivity index (χ4v) is 5.72. The molecule has 1 atom stereocenters. The summed E-state index contributed by atoms with van der Waals surface area (Å²) in [6.45, 7) is 6.16. The lowest BCUT2D eigenvalue weighted by molar-refractivity contribution is -0.139. The van der Waals surface area contributed by atoms with Gasteiger partial charge in [0.05, 0.1) is 53.8 Å². The summed E-state index contributed by atoms with van der Waals surface area (Å²) in [5, 5.41) is 0. The maximum Gasteiger partial charge on any atom is 0.338 e. The average Bonchev–Trinajstić information content (AvgIpc) is 3.18. The molecule has 8 nitrogen and oxygen atoms in total. The van der Waals surface area contributed by atoms with Crippen LogP contribution in [0.15, 0.2) is 61.9 Å². The number of nitrogens with zero attached hydrogens (tertiary/aromatic N) is 2. The number of carbonyl (C=O) groups is 1. The highest BCUT2D eigenvalue weighted by Crippen LogP contribution is 2.36. The largest absolute Gasteiger partial charge is 0.493 e. The molecule has 0 N–H and O–H groups in total. The Kier molecular flexibility index (Phi) is 8.19. The molecule has 0 saturated carbocycles. The Morgan fingerprint density at radius 2 is 1.81 bits per heavy atom. The van der Waals surface area contributed by atoms with Crippen LogP contribution in [-0.2, 0) is 9.53 Å². The van der Waals surface area contributed by atoms with Gasteiger partial charge in [-0.15, -0.1) is 0 Å². The number of hydrogen-bond donors (Lipinski definition) is 0. The standard InChI is InChI=1S/C27H27BrN2O6S/c1-6-35-19-10-8-16(12-18(19)28)13-22-25(31)30-24(17-9-11-20(33-4)21(14-17)34-5)23(26(32)36-7-2)15(3)29-27(30)37-22/h8-14,24H,6-7H2,1-5H3/b22-13-/t24-/m1/s1. The van der Waals surface area contributed by atoms with Gasteiger partial charge in [0.2, 0.25) is 0 Å². The Hall–Kier alpha value is -3.37. The van der Waals surface area contributed by atoms with E-state index in [0.717, 1.165) is 15.8 Å². The second kappa shape index (κ2) is 11.4. The number of hydrogen-bond acceptors (Lipinski definition) is 8. The predicted octanol–water partition coefficient (Wildman–Crippen LogP) is 3.98. The number of carbonyl (C=O) groups excluding carboxylic acids is 1. The van der Waals surface area contributed by atoms with E-state index in [0.29, 0.717) is 44.3 Å². The molecule has 0 bridgehead atoms. The lowest BCUT2D eigenvalue weighted by atomic mass is 9.95. The molecule has 37 heavy (non-hydrogen) atoms. The number of allylic oxidation sites excluding steroid dienone is 1. The van der Waals surface area contributed by atoms with E-state index in [4.69, 9.17) is 18.9 Å². The lowest BCUT2D eigenvalue weighted by Gasteiger charge is -2.25. The second-order valence-corrected chi connectivity index (χ2v) is 9.90. The van der Waals surface area contributed by atoms with Gasteiger partial charge in [-0.1, -0.05) is 23.5 Å². The van der Waals surface area contributed by atoms with Crippen molar-refractivity contribution in [3.8, 4) is 17.2 Å². The summed E-state index contributed by atoms with van der Waals surface area (Å²) in [6, 6.07) is 10.2.